The predicted octanol–water partition coefficient (Wildman–Crippen LogP) is 5.26. The number of hydrogen-bond acceptors (Lipinski definition) is 7. The summed E-state index contributed by atoms with van der Waals surface area (Å²) in [6.07, 6.45) is 1.35. The van der Waals surface area contributed by atoms with Gasteiger partial charge in [0.15, 0.2) is 0 Å². The van der Waals surface area contributed by atoms with Crippen LogP contribution in [0.5, 0.6) is 0 Å². The molecule has 0 amide bonds. The zero-order valence-electron chi connectivity index (χ0n) is 17.6. The first-order valence-electron chi connectivity index (χ1n) is 10.1. The molecule has 1 atom stereocenters. The van der Waals surface area contributed by atoms with Crippen LogP contribution in [0.2, 0.25) is 0 Å². The number of halogens is 2. The van der Waals surface area contributed by atoms with Crippen molar-refractivity contribution in [2.75, 3.05) is 11.6 Å². The number of rotatable bonds is 7. The number of aryl methyl sites for hydroxylation is 1. The fourth-order valence-electron chi connectivity index (χ4n) is 3.52. The minimum atomic E-state index is -0.723. The van der Waals surface area contributed by atoms with Crippen LogP contribution in [0.1, 0.15) is 35.9 Å². The summed E-state index contributed by atoms with van der Waals surface area (Å²) in [5, 5.41) is 27.4. The summed E-state index contributed by atoms with van der Waals surface area (Å²) in [5.41, 5.74) is 1.09. The fraction of sp³-hybridized carbons (Fsp3) is 0.273. The lowest BCUT2D eigenvalue weighted by Gasteiger charge is -2.35. The molecule has 1 aliphatic rings. The molecule has 0 saturated carbocycles. The van der Waals surface area contributed by atoms with Gasteiger partial charge in [-0.05, 0) is 50.5 Å². The van der Waals surface area contributed by atoms with Crippen LogP contribution in [0.15, 0.2) is 53.6 Å². The highest BCUT2D eigenvalue weighted by Crippen LogP contribution is 2.52. The molecule has 10 heteroatoms. The Kier molecular flexibility index (Phi) is 6.52. The maximum atomic E-state index is 14.7. The largest absolute Gasteiger partial charge is 0.374 e. The molecule has 2 N–H and O–H groups in total. The number of amidine groups is 1. The highest BCUT2D eigenvalue weighted by molar-refractivity contribution is 8.15. The number of aromatic nitrogens is 2. The van der Waals surface area contributed by atoms with Gasteiger partial charge in [-0.3, -0.25) is 5.41 Å². The Hall–Kier alpha value is -2.85. The minimum absolute atomic E-state index is 0.118. The maximum absolute atomic E-state index is 14.7. The van der Waals surface area contributed by atoms with Crippen LogP contribution in [0.25, 0.3) is 0 Å². The molecular formula is C22H22F2N6S2. The number of nitrogens with zero attached hydrogens (tertiary/aromatic N) is 4. The number of hydrogen-bond donors (Lipinski definition) is 2. The summed E-state index contributed by atoms with van der Waals surface area (Å²) in [4.78, 5) is -0.723. The van der Waals surface area contributed by atoms with E-state index in [0.717, 1.165) is 29.1 Å². The van der Waals surface area contributed by atoms with Crippen molar-refractivity contribution in [2.45, 2.75) is 31.6 Å². The van der Waals surface area contributed by atoms with E-state index in [1.54, 1.807) is 11.9 Å². The van der Waals surface area contributed by atoms with E-state index in [-0.39, 0.29) is 5.56 Å². The smallest absolute Gasteiger partial charge is 0.230 e. The van der Waals surface area contributed by atoms with Gasteiger partial charge in [0.1, 0.15) is 26.6 Å². The van der Waals surface area contributed by atoms with Crippen LogP contribution < -0.4 is 10.3 Å². The van der Waals surface area contributed by atoms with Crippen molar-refractivity contribution >= 4 is 39.1 Å². The van der Waals surface area contributed by atoms with Crippen molar-refractivity contribution in [1.82, 2.24) is 15.5 Å². The third-order valence-electron chi connectivity index (χ3n) is 4.96. The van der Waals surface area contributed by atoms with E-state index < -0.39 is 16.5 Å². The summed E-state index contributed by atoms with van der Waals surface area (Å²) in [5.74, 6) is -0.657. The van der Waals surface area contributed by atoms with E-state index in [0.29, 0.717) is 29.0 Å². The fourth-order valence-corrected chi connectivity index (χ4v) is 5.71. The van der Waals surface area contributed by atoms with Crippen molar-refractivity contribution in [2.24, 2.45) is 5.10 Å². The summed E-state index contributed by atoms with van der Waals surface area (Å²) in [6, 6.07) is 13.2. The number of benzene rings is 2. The van der Waals surface area contributed by atoms with Gasteiger partial charge >= 0.3 is 0 Å². The molecular weight excluding hydrogens is 450 g/mol. The van der Waals surface area contributed by atoms with Gasteiger partial charge in [-0.1, -0.05) is 53.4 Å². The van der Waals surface area contributed by atoms with Gasteiger partial charge in [0.25, 0.3) is 0 Å². The predicted molar refractivity (Wildman–Crippen MR) is 126 cm³/mol. The van der Waals surface area contributed by atoms with E-state index in [1.807, 2.05) is 37.3 Å². The van der Waals surface area contributed by atoms with Crippen LogP contribution in [-0.2, 0) is 4.87 Å². The number of hydrazone groups is 1. The molecule has 32 heavy (non-hydrogen) atoms. The molecule has 0 saturated heterocycles. The number of nitrogens with one attached hydrogen (secondary N) is 2. The van der Waals surface area contributed by atoms with E-state index in [4.69, 9.17) is 10.5 Å². The molecule has 166 valence electrons. The molecule has 1 aromatic heterocycles. The highest BCUT2D eigenvalue weighted by atomic mass is 32.2. The van der Waals surface area contributed by atoms with Crippen LogP contribution >= 0.6 is 23.1 Å². The second-order valence-electron chi connectivity index (χ2n) is 7.35. The quantitative estimate of drug-likeness (QED) is 0.279. The normalized spacial score (nSPS) is 18.0. The standard InChI is InChI=1S/C22H22F2N6S2/c1-14(25)26-12-6-11-22(16-7-4-3-5-8-16)30(21-28-27-15(2)31-21)29-20(32-22)18-13-17(23)9-10-19(18)24/h3-5,7-10,13H,6,11-12H2,1-2H3,(H2,25,26). The molecule has 6 nitrogen and oxygen atoms in total. The van der Waals surface area contributed by atoms with Gasteiger partial charge in [0.05, 0.1) is 5.84 Å². The summed E-state index contributed by atoms with van der Waals surface area (Å²) in [7, 11) is 0. The van der Waals surface area contributed by atoms with Crippen molar-refractivity contribution in [3.63, 3.8) is 0 Å². The van der Waals surface area contributed by atoms with Gasteiger partial charge in [-0.15, -0.1) is 10.2 Å². The van der Waals surface area contributed by atoms with E-state index >= 15 is 0 Å². The Morgan fingerprint density at radius 2 is 1.94 bits per heavy atom. The molecule has 2 aromatic carbocycles. The first kappa shape index (κ1) is 22.3. The molecule has 3 aromatic rings. The average Bonchev–Trinajstić information content (AvgIpc) is 3.38. The van der Waals surface area contributed by atoms with Gasteiger partial charge in [0, 0.05) is 12.1 Å². The third-order valence-corrected chi connectivity index (χ3v) is 7.22. The minimum Gasteiger partial charge on any atom is -0.374 e. The van der Waals surface area contributed by atoms with E-state index in [9.17, 15) is 8.78 Å². The van der Waals surface area contributed by atoms with Crippen molar-refractivity contribution in [3.05, 3.63) is 76.3 Å². The SMILES string of the molecule is CC(=N)NCCCC1(c2ccccc2)SC(c2cc(F)ccc2F)=NN1c1nnc(C)s1. The molecule has 4 rings (SSSR count). The lowest BCUT2D eigenvalue weighted by molar-refractivity contribution is 0.518. The zero-order chi connectivity index (χ0) is 22.7. The number of thioether (sulfide) groups is 1. The maximum Gasteiger partial charge on any atom is 0.230 e. The van der Waals surface area contributed by atoms with Crippen LogP contribution in [0, 0.1) is 24.0 Å². The van der Waals surface area contributed by atoms with Gasteiger partial charge in [-0.25, -0.2) is 13.8 Å². The molecule has 1 unspecified atom stereocenters. The first-order chi connectivity index (χ1) is 15.4. The summed E-state index contributed by atoms with van der Waals surface area (Å²) >= 11 is 2.78. The topological polar surface area (TPSA) is 77.3 Å². The first-order valence-corrected chi connectivity index (χ1v) is 11.7. The average molecular weight is 473 g/mol. The zero-order valence-corrected chi connectivity index (χ0v) is 19.2. The second kappa shape index (κ2) is 9.33. The Morgan fingerprint density at radius 3 is 2.62 bits per heavy atom. The summed E-state index contributed by atoms with van der Waals surface area (Å²) in [6.45, 7) is 4.17. The van der Waals surface area contributed by atoms with Gasteiger partial charge < -0.3 is 5.32 Å². The Morgan fingerprint density at radius 1 is 1.16 bits per heavy atom. The Balaban J connectivity index is 1.80. The molecule has 0 radical (unpaired) electrons. The van der Waals surface area contributed by atoms with Crippen LogP contribution in [0.3, 0.4) is 0 Å². The van der Waals surface area contributed by atoms with Crippen LogP contribution in [-0.4, -0.2) is 27.6 Å². The Bertz CT molecular complexity index is 1150. The highest BCUT2D eigenvalue weighted by Gasteiger charge is 2.47. The molecule has 2 heterocycles. The lowest BCUT2D eigenvalue weighted by atomic mass is 10.0. The van der Waals surface area contributed by atoms with E-state index in [1.165, 1.54) is 29.2 Å². The molecule has 0 bridgehead atoms. The van der Waals surface area contributed by atoms with Crippen LogP contribution in [0.4, 0.5) is 13.9 Å². The molecule has 0 aliphatic carbocycles. The number of anilines is 1. The van der Waals surface area contributed by atoms with Gasteiger partial charge in [-0.2, -0.15) is 5.10 Å². The summed E-state index contributed by atoms with van der Waals surface area (Å²) < 4.78 is 28.6. The van der Waals surface area contributed by atoms with Crippen molar-refractivity contribution in [3.8, 4) is 0 Å². The third kappa shape index (κ3) is 4.51. The monoisotopic (exact) mass is 472 g/mol. The molecule has 0 fully saturated rings. The molecule has 0 spiro atoms. The van der Waals surface area contributed by atoms with Gasteiger partial charge in [0.2, 0.25) is 5.13 Å². The van der Waals surface area contributed by atoms with Crippen molar-refractivity contribution < 1.29 is 8.78 Å². The lowest BCUT2D eigenvalue weighted by Crippen LogP contribution is -2.38. The van der Waals surface area contributed by atoms with Crippen molar-refractivity contribution in [1.29, 1.82) is 5.41 Å². The Labute approximate surface area is 193 Å². The second-order valence-corrected chi connectivity index (χ2v) is 9.78. The van der Waals surface area contributed by atoms with E-state index in [2.05, 4.69) is 15.5 Å². The molecule has 1 aliphatic heterocycles.